The van der Waals surface area contributed by atoms with Gasteiger partial charge in [-0.2, -0.15) is 0 Å². The molecule has 2 aromatic carbocycles. The zero-order chi connectivity index (χ0) is 14.5. The summed E-state index contributed by atoms with van der Waals surface area (Å²) in [5, 5.41) is 9.22. The third kappa shape index (κ3) is 4.25. The van der Waals surface area contributed by atoms with Crippen LogP contribution in [0.5, 0.6) is 11.5 Å². The lowest BCUT2D eigenvalue weighted by molar-refractivity contribution is -0.131. The minimum Gasteiger partial charge on any atom is -0.478 e. The molecule has 0 fully saturated rings. The van der Waals surface area contributed by atoms with Crippen molar-refractivity contribution in [2.24, 2.45) is 0 Å². The number of halogens is 2. The quantitative estimate of drug-likeness (QED) is 0.590. The van der Waals surface area contributed by atoms with E-state index in [4.69, 9.17) is 21.4 Å². The summed E-state index contributed by atoms with van der Waals surface area (Å²) < 4.78 is 6.82. The Hall–Kier alpha value is -1.53. The molecule has 3 nitrogen and oxygen atoms in total. The molecule has 0 saturated carbocycles. The van der Waals surface area contributed by atoms with Crippen LogP contribution in [-0.4, -0.2) is 11.1 Å². The molecule has 102 valence electrons. The van der Waals surface area contributed by atoms with Gasteiger partial charge in [-0.05, 0) is 59.0 Å². The Labute approximate surface area is 135 Å². The van der Waals surface area contributed by atoms with Crippen molar-refractivity contribution in [1.82, 2.24) is 0 Å². The van der Waals surface area contributed by atoms with Crippen LogP contribution in [0.2, 0.25) is 5.02 Å². The second kappa shape index (κ2) is 6.76. The summed E-state index contributed by atoms with van der Waals surface area (Å²) in [6, 6.07) is 12.6. The molecule has 0 aromatic heterocycles. The van der Waals surface area contributed by atoms with Gasteiger partial charge in [-0.3, -0.25) is 0 Å². The molecule has 0 atom stereocenters. The van der Waals surface area contributed by atoms with Gasteiger partial charge >= 0.3 is 5.97 Å². The lowest BCUT2D eigenvalue weighted by atomic mass is 10.2. The fourth-order valence-corrected chi connectivity index (χ4v) is 2.23. The topological polar surface area (TPSA) is 46.5 Å². The maximum Gasteiger partial charge on any atom is 0.328 e. The van der Waals surface area contributed by atoms with E-state index >= 15 is 0 Å². The monoisotopic (exact) mass is 400 g/mol. The first-order chi connectivity index (χ1) is 9.54. The highest BCUT2D eigenvalue weighted by atomic mass is 127. The lowest BCUT2D eigenvalue weighted by Crippen LogP contribution is -1.90. The van der Waals surface area contributed by atoms with Crippen molar-refractivity contribution in [1.29, 1.82) is 0 Å². The van der Waals surface area contributed by atoms with Crippen molar-refractivity contribution in [2.75, 3.05) is 0 Å². The zero-order valence-corrected chi connectivity index (χ0v) is 13.1. The second-order valence-corrected chi connectivity index (χ2v) is 5.60. The zero-order valence-electron chi connectivity index (χ0n) is 10.2. The van der Waals surface area contributed by atoms with E-state index in [0.29, 0.717) is 22.1 Å². The maximum absolute atomic E-state index is 10.6. The van der Waals surface area contributed by atoms with Crippen LogP contribution in [0.25, 0.3) is 6.08 Å². The fraction of sp³-hybridized carbons (Fsp3) is 0. The molecule has 0 unspecified atom stereocenters. The van der Waals surface area contributed by atoms with Crippen LogP contribution in [-0.2, 0) is 4.79 Å². The molecule has 0 radical (unpaired) electrons. The van der Waals surface area contributed by atoms with Crippen molar-refractivity contribution in [2.45, 2.75) is 0 Å². The molecule has 0 saturated heterocycles. The van der Waals surface area contributed by atoms with Gasteiger partial charge in [0.05, 0.1) is 0 Å². The van der Waals surface area contributed by atoms with Crippen LogP contribution in [0.15, 0.2) is 48.5 Å². The van der Waals surface area contributed by atoms with Crippen LogP contribution >= 0.6 is 34.2 Å². The van der Waals surface area contributed by atoms with Crippen LogP contribution in [0.4, 0.5) is 0 Å². The lowest BCUT2D eigenvalue weighted by Gasteiger charge is -2.09. The Morgan fingerprint density at radius 3 is 2.75 bits per heavy atom. The van der Waals surface area contributed by atoms with E-state index in [9.17, 15) is 4.79 Å². The molecule has 0 amide bonds. The van der Waals surface area contributed by atoms with Crippen molar-refractivity contribution >= 4 is 46.2 Å². The average molecular weight is 401 g/mol. The molecule has 2 rings (SSSR count). The number of aliphatic carboxylic acids is 1. The smallest absolute Gasteiger partial charge is 0.328 e. The highest BCUT2D eigenvalue weighted by Gasteiger charge is 2.05. The van der Waals surface area contributed by atoms with Crippen LogP contribution < -0.4 is 4.74 Å². The van der Waals surface area contributed by atoms with Crippen molar-refractivity contribution < 1.29 is 14.6 Å². The summed E-state index contributed by atoms with van der Waals surface area (Å²) in [5.74, 6) is 0.168. The van der Waals surface area contributed by atoms with Crippen molar-refractivity contribution in [3.63, 3.8) is 0 Å². The average Bonchev–Trinajstić information content (AvgIpc) is 2.37. The summed E-state index contributed by atoms with van der Waals surface area (Å²) in [5.41, 5.74) is 0.649. The van der Waals surface area contributed by atoms with Gasteiger partial charge in [-0.25, -0.2) is 4.79 Å². The Morgan fingerprint density at radius 1 is 1.25 bits per heavy atom. The van der Waals surface area contributed by atoms with Gasteiger partial charge in [-0.1, -0.05) is 17.7 Å². The van der Waals surface area contributed by atoms with E-state index in [1.54, 1.807) is 18.2 Å². The molecule has 0 aliphatic heterocycles. The number of hydrogen-bond donors (Lipinski definition) is 1. The normalized spacial score (nSPS) is 10.7. The SMILES string of the molecule is O=C(O)/C=C/c1ccc(Cl)cc1Oc1cccc(I)c1. The number of carbonyl (C=O) groups is 1. The third-order valence-electron chi connectivity index (χ3n) is 2.40. The molecular formula is C15H10ClIO3. The molecule has 0 heterocycles. The van der Waals surface area contributed by atoms with Gasteiger partial charge in [0.15, 0.2) is 0 Å². The Balaban J connectivity index is 2.34. The van der Waals surface area contributed by atoms with Gasteiger partial charge in [-0.15, -0.1) is 0 Å². The van der Waals surface area contributed by atoms with Gasteiger partial charge in [0.25, 0.3) is 0 Å². The minimum atomic E-state index is -1.01. The predicted octanol–water partition coefficient (Wildman–Crippen LogP) is 4.83. The second-order valence-electron chi connectivity index (χ2n) is 3.91. The summed E-state index contributed by atoms with van der Waals surface area (Å²) in [6.07, 6.45) is 2.53. The highest BCUT2D eigenvalue weighted by molar-refractivity contribution is 14.1. The molecule has 20 heavy (non-hydrogen) atoms. The molecular weight excluding hydrogens is 391 g/mol. The number of benzene rings is 2. The van der Waals surface area contributed by atoms with E-state index < -0.39 is 5.97 Å². The summed E-state index contributed by atoms with van der Waals surface area (Å²) in [4.78, 5) is 10.6. The number of hydrogen-bond acceptors (Lipinski definition) is 2. The number of carboxylic acid groups (broad SMARTS) is 1. The Morgan fingerprint density at radius 2 is 2.05 bits per heavy atom. The van der Waals surface area contributed by atoms with Crippen LogP contribution in [0.3, 0.4) is 0 Å². The number of carboxylic acids is 1. The van der Waals surface area contributed by atoms with E-state index in [0.717, 1.165) is 9.65 Å². The summed E-state index contributed by atoms with van der Waals surface area (Å²) in [6.45, 7) is 0. The van der Waals surface area contributed by atoms with Gasteiger partial charge in [0.2, 0.25) is 0 Å². The van der Waals surface area contributed by atoms with E-state index in [1.807, 2.05) is 24.3 Å². The molecule has 2 aromatic rings. The molecule has 1 N–H and O–H groups in total. The van der Waals surface area contributed by atoms with E-state index in [2.05, 4.69) is 22.6 Å². The van der Waals surface area contributed by atoms with Gasteiger partial charge in [0, 0.05) is 26.3 Å². The Kier molecular flexibility index (Phi) is 5.03. The molecule has 0 aliphatic carbocycles. The Bertz CT molecular complexity index is 668. The minimum absolute atomic E-state index is 0.511. The van der Waals surface area contributed by atoms with Crippen LogP contribution in [0, 0.1) is 3.57 Å². The highest BCUT2D eigenvalue weighted by Crippen LogP contribution is 2.30. The summed E-state index contributed by atoms with van der Waals surface area (Å²) in [7, 11) is 0. The summed E-state index contributed by atoms with van der Waals surface area (Å²) >= 11 is 8.15. The van der Waals surface area contributed by atoms with E-state index in [1.165, 1.54) is 6.08 Å². The van der Waals surface area contributed by atoms with Crippen LogP contribution in [0.1, 0.15) is 5.56 Å². The number of rotatable bonds is 4. The molecule has 0 bridgehead atoms. The standard InChI is InChI=1S/C15H10ClIO3/c16-11-6-4-10(5-7-15(18)19)14(8-11)20-13-3-1-2-12(17)9-13/h1-9H,(H,18,19)/b7-5+. The number of ether oxygens (including phenoxy) is 1. The largest absolute Gasteiger partial charge is 0.478 e. The van der Waals surface area contributed by atoms with Gasteiger partial charge < -0.3 is 9.84 Å². The maximum atomic E-state index is 10.6. The van der Waals surface area contributed by atoms with Crippen molar-refractivity contribution in [3.8, 4) is 11.5 Å². The van der Waals surface area contributed by atoms with Gasteiger partial charge in [0.1, 0.15) is 11.5 Å². The first-order valence-electron chi connectivity index (χ1n) is 5.68. The predicted molar refractivity (Wildman–Crippen MR) is 87.4 cm³/mol. The third-order valence-corrected chi connectivity index (χ3v) is 3.31. The van der Waals surface area contributed by atoms with E-state index in [-0.39, 0.29) is 0 Å². The molecule has 0 spiro atoms. The fourth-order valence-electron chi connectivity index (χ4n) is 1.55. The first-order valence-corrected chi connectivity index (χ1v) is 7.14. The molecule has 0 aliphatic rings. The molecule has 5 heteroatoms. The first kappa shape index (κ1) is 14.9. The van der Waals surface area contributed by atoms with Crippen molar-refractivity contribution in [3.05, 3.63) is 62.7 Å².